The first-order valence-corrected chi connectivity index (χ1v) is 3.80. The monoisotopic (exact) mass is 194 g/mol. The fourth-order valence-electron chi connectivity index (χ4n) is 0.729. The molecule has 0 aromatic heterocycles. The molecule has 12 heavy (non-hydrogen) atoms. The van der Waals surface area contributed by atoms with E-state index in [-0.39, 0.29) is 4.90 Å². The number of halogens is 3. The van der Waals surface area contributed by atoms with Crippen molar-refractivity contribution in [2.45, 2.75) is 11.1 Å². The Labute approximate surface area is 71.4 Å². The third-order valence-electron chi connectivity index (χ3n) is 1.27. The van der Waals surface area contributed by atoms with Gasteiger partial charge < -0.3 is 4.55 Å². The summed E-state index contributed by atoms with van der Waals surface area (Å²) in [5, 5.41) is 0. The lowest BCUT2D eigenvalue weighted by Gasteiger charge is -2.06. The van der Waals surface area contributed by atoms with E-state index in [4.69, 9.17) is 4.55 Å². The first-order valence-electron chi connectivity index (χ1n) is 3.03. The van der Waals surface area contributed by atoms with Gasteiger partial charge in [-0.3, -0.25) is 0 Å². The predicted molar refractivity (Wildman–Crippen MR) is 39.9 cm³/mol. The summed E-state index contributed by atoms with van der Waals surface area (Å²) in [6.45, 7) is 0. The minimum atomic E-state index is -4.34. The van der Waals surface area contributed by atoms with Crippen LogP contribution in [0.1, 0.15) is 5.56 Å². The van der Waals surface area contributed by atoms with Crippen molar-refractivity contribution in [1.82, 2.24) is 0 Å². The van der Waals surface area contributed by atoms with Gasteiger partial charge in [-0.1, -0.05) is 6.07 Å². The standard InChI is InChI=1S/C7H5F3OS/c8-7(9,10)5-2-1-3-6(4-5)12-11/h1-4,11H. The fraction of sp³-hybridized carbons (Fsp3) is 0.143. The van der Waals surface area contributed by atoms with Crippen molar-refractivity contribution in [1.29, 1.82) is 0 Å². The van der Waals surface area contributed by atoms with Gasteiger partial charge in [0.2, 0.25) is 0 Å². The second-order valence-electron chi connectivity index (χ2n) is 2.12. The van der Waals surface area contributed by atoms with Gasteiger partial charge in [0.1, 0.15) is 0 Å². The number of rotatable bonds is 1. The van der Waals surface area contributed by atoms with Crippen LogP contribution in [0.2, 0.25) is 0 Å². The molecule has 1 aromatic rings. The average molecular weight is 194 g/mol. The van der Waals surface area contributed by atoms with Crippen molar-refractivity contribution in [3.8, 4) is 0 Å². The van der Waals surface area contributed by atoms with E-state index < -0.39 is 11.7 Å². The van der Waals surface area contributed by atoms with Gasteiger partial charge in [0.05, 0.1) is 5.56 Å². The molecule has 5 heteroatoms. The molecule has 1 N–H and O–H groups in total. The van der Waals surface area contributed by atoms with Crippen molar-refractivity contribution in [2.24, 2.45) is 0 Å². The van der Waals surface area contributed by atoms with E-state index in [1.807, 2.05) is 0 Å². The molecule has 0 heterocycles. The molecule has 0 saturated carbocycles. The summed E-state index contributed by atoms with van der Waals surface area (Å²) in [5.41, 5.74) is -0.749. The van der Waals surface area contributed by atoms with Gasteiger partial charge in [0.25, 0.3) is 0 Å². The molecule has 0 aliphatic carbocycles. The van der Waals surface area contributed by atoms with Crippen LogP contribution < -0.4 is 0 Å². The smallest absolute Gasteiger partial charge is 0.325 e. The third kappa shape index (κ3) is 2.15. The van der Waals surface area contributed by atoms with Crippen LogP contribution in [0.15, 0.2) is 29.2 Å². The van der Waals surface area contributed by atoms with Crippen molar-refractivity contribution < 1.29 is 17.7 Å². The van der Waals surface area contributed by atoms with Crippen LogP contribution in [-0.4, -0.2) is 4.55 Å². The highest BCUT2D eigenvalue weighted by molar-refractivity contribution is 7.93. The minimum absolute atomic E-state index is 0.185. The molecule has 1 rings (SSSR count). The Morgan fingerprint density at radius 1 is 1.25 bits per heavy atom. The number of alkyl halides is 3. The van der Waals surface area contributed by atoms with Gasteiger partial charge >= 0.3 is 6.18 Å². The maximum absolute atomic E-state index is 12.0. The van der Waals surface area contributed by atoms with Gasteiger partial charge in [0.15, 0.2) is 0 Å². The van der Waals surface area contributed by atoms with E-state index in [9.17, 15) is 13.2 Å². The van der Waals surface area contributed by atoms with Crippen LogP contribution in [-0.2, 0) is 6.18 Å². The molecular weight excluding hydrogens is 189 g/mol. The van der Waals surface area contributed by atoms with E-state index in [0.717, 1.165) is 12.1 Å². The zero-order chi connectivity index (χ0) is 9.19. The van der Waals surface area contributed by atoms with Gasteiger partial charge in [-0.25, -0.2) is 0 Å². The molecule has 0 saturated heterocycles. The number of hydrogen-bond donors (Lipinski definition) is 1. The van der Waals surface area contributed by atoms with Crippen LogP contribution in [0.4, 0.5) is 13.2 Å². The molecule has 0 aliphatic heterocycles. The Balaban J connectivity index is 3.02. The maximum atomic E-state index is 12.0. The number of benzene rings is 1. The lowest BCUT2D eigenvalue weighted by molar-refractivity contribution is -0.137. The molecule has 66 valence electrons. The van der Waals surface area contributed by atoms with Crippen molar-refractivity contribution in [3.05, 3.63) is 29.8 Å². The Hall–Kier alpha value is -0.680. The summed E-state index contributed by atoms with van der Waals surface area (Å²) < 4.78 is 44.5. The van der Waals surface area contributed by atoms with Gasteiger partial charge in [-0.05, 0) is 18.2 Å². The zero-order valence-corrected chi connectivity index (χ0v) is 6.62. The lowest BCUT2D eigenvalue weighted by Crippen LogP contribution is -2.04. The Morgan fingerprint density at radius 2 is 1.92 bits per heavy atom. The summed E-state index contributed by atoms with van der Waals surface area (Å²) >= 11 is 0.299. The Morgan fingerprint density at radius 3 is 2.42 bits per heavy atom. The summed E-state index contributed by atoms with van der Waals surface area (Å²) in [6, 6.07) is 4.51. The molecule has 0 radical (unpaired) electrons. The molecule has 0 aliphatic rings. The molecular formula is C7H5F3OS. The second-order valence-corrected chi connectivity index (χ2v) is 2.77. The summed E-state index contributed by atoms with van der Waals surface area (Å²) in [4.78, 5) is 0.185. The SMILES string of the molecule is OSc1cccc(C(F)(F)F)c1. The highest BCUT2D eigenvalue weighted by atomic mass is 32.2. The minimum Gasteiger partial charge on any atom is -0.325 e. The van der Waals surface area contributed by atoms with E-state index >= 15 is 0 Å². The van der Waals surface area contributed by atoms with Crippen molar-refractivity contribution in [3.63, 3.8) is 0 Å². The van der Waals surface area contributed by atoms with Crippen LogP contribution in [0.5, 0.6) is 0 Å². The summed E-state index contributed by atoms with van der Waals surface area (Å²) in [5.74, 6) is 0. The molecule has 1 aromatic carbocycles. The first-order chi connectivity index (χ1) is 5.54. The molecule has 0 fully saturated rings. The van der Waals surface area contributed by atoms with Crippen LogP contribution >= 0.6 is 12.0 Å². The van der Waals surface area contributed by atoms with E-state index in [0.29, 0.717) is 12.0 Å². The van der Waals surface area contributed by atoms with E-state index in [1.165, 1.54) is 12.1 Å². The number of hydrogen-bond acceptors (Lipinski definition) is 2. The second kappa shape index (κ2) is 3.37. The lowest BCUT2D eigenvalue weighted by atomic mass is 10.2. The normalized spacial score (nSPS) is 11.7. The van der Waals surface area contributed by atoms with Crippen LogP contribution in [0.3, 0.4) is 0 Å². The zero-order valence-electron chi connectivity index (χ0n) is 5.80. The molecule has 0 atom stereocenters. The van der Waals surface area contributed by atoms with Gasteiger partial charge in [0, 0.05) is 16.9 Å². The maximum Gasteiger partial charge on any atom is 0.416 e. The summed E-state index contributed by atoms with van der Waals surface area (Å²) in [7, 11) is 0. The predicted octanol–water partition coefficient (Wildman–Crippen LogP) is 3.27. The molecule has 0 amide bonds. The van der Waals surface area contributed by atoms with E-state index in [1.54, 1.807) is 0 Å². The Bertz CT molecular complexity index is 272. The third-order valence-corrected chi connectivity index (χ3v) is 1.73. The molecule has 0 unspecified atom stereocenters. The largest absolute Gasteiger partial charge is 0.416 e. The van der Waals surface area contributed by atoms with Crippen LogP contribution in [0, 0.1) is 0 Å². The molecule has 0 spiro atoms. The Kier molecular flexibility index (Phi) is 2.64. The highest BCUT2D eigenvalue weighted by Gasteiger charge is 2.30. The molecule has 0 bridgehead atoms. The highest BCUT2D eigenvalue weighted by Crippen LogP contribution is 2.31. The van der Waals surface area contributed by atoms with Crippen molar-refractivity contribution in [2.75, 3.05) is 0 Å². The van der Waals surface area contributed by atoms with Crippen molar-refractivity contribution >= 4 is 12.0 Å². The van der Waals surface area contributed by atoms with Crippen LogP contribution in [0.25, 0.3) is 0 Å². The topological polar surface area (TPSA) is 20.2 Å². The molecule has 1 nitrogen and oxygen atoms in total. The average Bonchev–Trinajstić information content (AvgIpc) is 2.03. The van der Waals surface area contributed by atoms with E-state index in [2.05, 4.69) is 0 Å². The van der Waals surface area contributed by atoms with Gasteiger partial charge in [-0.15, -0.1) is 0 Å². The first kappa shape index (κ1) is 9.41. The quantitative estimate of drug-likeness (QED) is 0.692. The fourth-order valence-corrected chi connectivity index (χ4v) is 1.05. The summed E-state index contributed by atoms with van der Waals surface area (Å²) in [6.07, 6.45) is -4.34. The van der Waals surface area contributed by atoms with Gasteiger partial charge in [-0.2, -0.15) is 13.2 Å².